The summed E-state index contributed by atoms with van der Waals surface area (Å²) >= 11 is 0. The van der Waals surface area contributed by atoms with Gasteiger partial charge in [0.15, 0.2) is 0 Å². The molecular formula is C43H31N. The van der Waals surface area contributed by atoms with Crippen LogP contribution in [0.1, 0.15) is 18.9 Å². The summed E-state index contributed by atoms with van der Waals surface area (Å²) in [5.41, 5.74) is 10.1. The number of hydrogen-bond acceptors (Lipinski definition) is 1. The van der Waals surface area contributed by atoms with Crippen molar-refractivity contribution in [3.8, 4) is 22.3 Å². The molecule has 0 saturated heterocycles. The lowest BCUT2D eigenvalue weighted by Crippen LogP contribution is -2.40. The molecule has 44 heavy (non-hydrogen) atoms. The zero-order valence-electron chi connectivity index (χ0n) is 24.7. The molecule has 0 N–H and O–H groups in total. The largest absolute Gasteiger partial charge is 0.331 e. The molecule has 1 heterocycles. The third-order valence-electron chi connectivity index (χ3n) is 9.80. The quantitative estimate of drug-likeness (QED) is 0.194. The van der Waals surface area contributed by atoms with E-state index in [2.05, 4.69) is 170 Å². The van der Waals surface area contributed by atoms with E-state index in [1.807, 2.05) is 0 Å². The Morgan fingerprint density at radius 1 is 0.500 bits per heavy atom. The Hall–Kier alpha value is -5.40. The number of nitrogens with zero attached hydrogens (tertiary/aromatic N) is 1. The first-order valence-electron chi connectivity index (χ1n) is 15.5. The lowest BCUT2D eigenvalue weighted by atomic mass is 9.83. The Labute approximate surface area is 258 Å². The second-order valence-corrected chi connectivity index (χ2v) is 12.3. The zero-order valence-corrected chi connectivity index (χ0v) is 24.7. The number of allylic oxidation sites excluding steroid dienone is 2. The van der Waals surface area contributed by atoms with E-state index in [1.165, 1.54) is 77.1 Å². The molecule has 0 amide bonds. The standard InChI is InChI=1S/C43H31N/c1-43-25-10-9-20-41(43)40-28-32(22-24-42(40)44(43)33-14-3-2-4-15-33)30-13-11-12-29(26-30)31-21-23-38-36-18-6-5-16-34(36)35-17-7-8-19-37(35)39(38)27-31/h2-24,26-28H,25H2,1H3. The molecule has 7 aromatic carbocycles. The lowest BCUT2D eigenvalue weighted by Gasteiger charge is -2.38. The van der Waals surface area contributed by atoms with Crippen molar-refractivity contribution in [3.05, 3.63) is 163 Å². The summed E-state index contributed by atoms with van der Waals surface area (Å²) in [7, 11) is 0. The summed E-state index contributed by atoms with van der Waals surface area (Å²) in [6.07, 6.45) is 7.81. The van der Waals surface area contributed by atoms with Crippen molar-refractivity contribution < 1.29 is 0 Å². The number of anilines is 2. The van der Waals surface area contributed by atoms with Gasteiger partial charge >= 0.3 is 0 Å². The summed E-state index contributed by atoms with van der Waals surface area (Å²) in [6.45, 7) is 2.38. The topological polar surface area (TPSA) is 3.24 Å². The van der Waals surface area contributed by atoms with Crippen LogP contribution in [0.4, 0.5) is 11.4 Å². The molecule has 0 saturated carbocycles. The van der Waals surface area contributed by atoms with E-state index in [-0.39, 0.29) is 5.54 Å². The minimum Gasteiger partial charge on any atom is -0.331 e. The van der Waals surface area contributed by atoms with Gasteiger partial charge in [-0.3, -0.25) is 0 Å². The van der Waals surface area contributed by atoms with Crippen molar-refractivity contribution in [1.82, 2.24) is 0 Å². The minimum absolute atomic E-state index is 0.100. The number of hydrogen-bond donors (Lipinski definition) is 0. The van der Waals surface area contributed by atoms with Crippen LogP contribution < -0.4 is 4.90 Å². The van der Waals surface area contributed by atoms with Crippen molar-refractivity contribution in [2.24, 2.45) is 0 Å². The van der Waals surface area contributed by atoms with Crippen LogP contribution in [0.15, 0.2) is 158 Å². The maximum atomic E-state index is 2.53. The number of rotatable bonds is 3. The molecular weight excluding hydrogens is 530 g/mol. The number of para-hydroxylation sites is 1. The van der Waals surface area contributed by atoms with Crippen molar-refractivity contribution in [3.63, 3.8) is 0 Å². The van der Waals surface area contributed by atoms with Crippen molar-refractivity contribution in [1.29, 1.82) is 0 Å². The molecule has 208 valence electrons. The van der Waals surface area contributed by atoms with Crippen LogP contribution in [0, 0.1) is 0 Å². The van der Waals surface area contributed by atoms with Gasteiger partial charge in [0, 0.05) is 16.9 Å². The Morgan fingerprint density at radius 3 is 1.77 bits per heavy atom. The molecule has 0 aromatic heterocycles. The van der Waals surface area contributed by atoms with E-state index in [1.54, 1.807) is 0 Å². The first-order valence-corrected chi connectivity index (χ1v) is 15.5. The molecule has 1 aliphatic carbocycles. The van der Waals surface area contributed by atoms with Gasteiger partial charge in [-0.2, -0.15) is 0 Å². The molecule has 2 aliphatic rings. The van der Waals surface area contributed by atoms with Crippen molar-refractivity contribution in [2.45, 2.75) is 18.9 Å². The van der Waals surface area contributed by atoms with Crippen LogP contribution in [-0.4, -0.2) is 5.54 Å². The van der Waals surface area contributed by atoms with Gasteiger partial charge in [0.1, 0.15) is 0 Å². The highest BCUT2D eigenvalue weighted by atomic mass is 15.2. The van der Waals surface area contributed by atoms with Gasteiger partial charge in [0.2, 0.25) is 0 Å². The third-order valence-corrected chi connectivity index (χ3v) is 9.80. The van der Waals surface area contributed by atoms with Crippen LogP contribution in [-0.2, 0) is 0 Å². The Morgan fingerprint density at radius 2 is 1.07 bits per heavy atom. The van der Waals surface area contributed by atoms with Gasteiger partial charge in [-0.05, 0) is 110 Å². The molecule has 0 spiro atoms. The van der Waals surface area contributed by atoms with Crippen LogP contribution in [0.5, 0.6) is 0 Å². The molecule has 1 nitrogen and oxygen atoms in total. The van der Waals surface area contributed by atoms with E-state index >= 15 is 0 Å². The summed E-state index contributed by atoms with van der Waals surface area (Å²) in [6, 6.07) is 51.4. The van der Waals surface area contributed by atoms with Crippen molar-refractivity contribution in [2.75, 3.05) is 4.90 Å². The Kier molecular flexibility index (Phi) is 5.46. The highest BCUT2D eigenvalue weighted by molar-refractivity contribution is 6.25. The first-order chi connectivity index (χ1) is 21.7. The molecule has 9 rings (SSSR count). The predicted molar refractivity (Wildman–Crippen MR) is 189 cm³/mol. The summed E-state index contributed by atoms with van der Waals surface area (Å²) in [5.74, 6) is 0. The van der Waals surface area contributed by atoms with Gasteiger partial charge in [-0.15, -0.1) is 0 Å². The summed E-state index contributed by atoms with van der Waals surface area (Å²) in [5, 5.41) is 7.84. The zero-order chi connectivity index (χ0) is 29.3. The van der Waals surface area contributed by atoms with Crippen LogP contribution in [0.2, 0.25) is 0 Å². The maximum absolute atomic E-state index is 2.53. The summed E-state index contributed by atoms with van der Waals surface area (Å²) < 4.78 is 0. The molecule has 0 fully saturated rings. The van der Waals surface area contributed by atoms with E-state index in [0.29, 0.717) is 0 Å². The fraction of sp³-hybridized carbons (Fsp3) is 0.0698. The van der Waals surface area contributed by atoms with Crippen LogP contribution >= 0.6 is 0 Å². The fourth-order valence-corrected chi connectivity index (χ4v) is 7.70. The maximum Gasteiger partial charge on any atom is 0.0715 e. The van der Waals surface area contributed by atoms with E-state index in [4.69, 9.17) is 0 Å². The highest BCUT2D eigenvalue weighted by Gasteiger charge is 2.44. The van der Waals surface area contributed by atoms with E-state index < -0.39 is 0 Å². The highest BCUT2D eigenvalue weighted by Crippen LogP contribution is 2.54. The van der Waals surface area contributed by atoms with E-state index in [0.717, 1.165) is 6.42 Å². The monoisotopic (exact) mass is 561 g/mol. The Balaban J connectivity index is 1.17. The Bertz CT molecular complexity index is 2290. The molecule has 7 aromatic rings. The van der Waals surface area contributed by atoms with Gasteiger partial charge in [-0.25, -0.2) is 0 Å². The molecule has 1 atom stereocenters. The van der Waals surface area contributed by atoms with Gasteiger partial charge in [0.25, 0.3) is 0 Å². The molecule has 1 heteroatoms. The average molecular weight is 562 g/mol. The molecule has 0 radical (unpaired) electrons. The first kappa shape index (κ1) is 25.1. The fourth-order valence-electron chi connectivity index (χ4n) is 7.70. The van der Waals surface area contributed by atoms with Gasteiger partial charge < -0.3 is 4.90 Å². The normalized spacial score (nSPS) is 17.2. The summed E-state index contributed by atoms with van der Waals surface area (Å²) in [4.78, 5) is 2.53. The molecule has 0 bridgehead atoms. The molecule has 1 unspecified atom stereocenters. The number of benzene rings is 7. The molecule has 1 aliphatic heterocycles. The van der Waals surface area contributed by atoms with Crippen LogP contribution in [0.25, 0.3) is 60.1 Å². The second kappa shape index (κ2) is 9.56. The third kappa shape index (κ3) is 3.66. The number of fused-ring (bicyclic) bond motifs is 9. The van der Waals surface area contributed by atoms with Gasteiger partial charge in [-0.1, -0.05) is 121 Å². The van der Waals surface area contributed by atoms with Crippen molar-refractivity contribution >= 4 is 49.3 Å². The lowest BCUT2D eigenvalue weighted by molar-refractivity contribution is 0.607. The minimum atomic E-state index is -0.100. The second-order valence-electron chi connectivity index (χ2n) is 12.3. The smallest absolute Gasteiger partial charge is 0.0715 e. The van der Waals surface area contributed by atoms with Gasteiger partial charge in [0.05, 0.1) is 5.54 Å². The van der Waals surface area contributed by atoms with E-state index in [9.17, 15) is 0 Å². The SMILES string of the molecule is CC12CC=CC=C1c1cc(-c3cccc(-c4ccc5c6ccccc6c6ccccc6c5c4)c3)ccc1N2c1ccccc1. The average Bonchev–Trinajstić information content (AvgIpc) is 3.36. The van der Waals surface area contributed by atoms with Crippen LogP contribution in [0.3, 0.4) is 0 Å². The predicted octanol–water partition coefficient (Wildman–Crippen LogP) is 11.7.